The van der Waals surface area contributed by atoms with Crippen LogP contribution in [-0.2, 0) is 17.8 Å². The molecule has 1 aliphatic carbocycles. The van der Waals surface area contributed by atoms with Gasteiger partial charge >= 0.3 is 5.97 Å². The normalized spacial score (nSPS) is 28.1. The summed E-state index contributed by atoms with van der Waals surface area (Å²) in [5.41, 5.74) is 4.03. The molecule has 0 spiro atoms. The number of halogens is 1. The Labute approximate surface area is 177 Å². The molecule has 3 aliphatic rings. The number of fused-ring (bicyclic) bond motifs is 3. The number of rotatable bonds is 5. The van der Waals surface area contributed by atoms with E-state index in [0.29, 0.717) is 12.0 Å². The number of piperidine rings is 2. The number of hydrogen-bond acceptors (Lipinski definition) is 2. The second-order valence-electron chi connectivity index (χ2n) is 7.84. The monoisotopic (exact) mass is 441 g/mol. The van der Waals surface area contributed by atoms with Crippen molar-refractivity contribution in [2.45, 2.75) is 44.8 Å². The maximum atomic E-state index is 12.0. The van der Waals surface area contributed by atoms with Crippen molar-refractivity contribution in [3.8, 4) is 0 Å². The van der Waals surface area contributed by atoms with Crippen LogP contribution in [0.2, 0.25) is 0 Å². The lowest BCUT2D eigenvalue weighted by Crippen LogP contribution is -2.61. The smallest absolute Gasteiger partial charge is 0.308 e. The fourth-order valence-electron chi connectivity index (χ4n) is 5.09. The summed E-state index contributed by atoms with van der Waals surface area (Å²) in [6.07, 6.45) is 4.85. The van der Waals surface area contributed by atoms with E-state index in [1.807, 2.05) is 6.07 Å². The molecule has 2 saturated heterocycles. The van der Waals surface area contributed by atoms with Gasteiger partial charge in [-0.3, -0.25) is 9.69 Å². The van der Waals surface area contributed by atoms with Crippen LogP contribution in [0.3, 0.4) is 0 Å². The van der Waals surface area contributed by atoms with Gasteiger partial charge in [0, 0.05) is 18.6 Å². The first-order valence-electron chi connectivity index (χ1n) is 9.89. The maximum absolute atomic E-state index is 12.0. The highest BCUT2D eigenvalue weighted by molar-refractivity contribution is 8.93. The zero-order valence-corrected chi connectivity index (χ0v) is 17.9. The summed E-state index contributed by atoms with van der Waals surface area (Å²) in [6.45, 7) is 2.92. The van der Waals surface area contributed by atoms with E-state index < -0.39 is 5.97 Å². The third-order valence-corrected chi connectivity index (χ3v) is 6.39. The minimum atomic E-state index is -0.642. The predicted octanol–water partition coefficient (Wildman–Crippen LogP) is 5.12. The van der Waals surface area contributed by atoms with Gasteiger partial charge in [-0.25, -0.2) is 0 Å². The van der Waals surface area contributed by atoms with E-state index in [0.717, 1.165) is 25.8 Å². The van der Waals surface area contributed by atoms with Gasteiger partial charge in [-0.05, 0) is 43.2 Å². The van der Waals surface area contributed by atoms with Gasteiger partial charge in [-0.1, -0.05) is 72.3 Å². The first-order chi connectivity index (χ1) is 13.2. The molecule has 2 aliphatic heterocycles. The number of aliphatic carboxylic acids is 1. The minimum absolute atomic E-state index is 0. The van der Waals surface area contributed by atoms with Crippen LogP contribution < -0.4 is 0 Å². The molecule has 4 heteroatoms. The Morgan fingerprint density at radius 2 is 1.68 bits per heavy atom. The van der Waals surface area contributed by atoms with Crippen LogP contribution in [0.4, 0.5) is 0 Å². The Hall–Kier alpha value is -1.91. The Bertz CT molecular complexity index is 821. The topological polar surface area (TPSA) is 40.5 Å². The zero-order valence-electron chi connectivity index (χ0n) is 16.2. The van der Waals surface area contributed by atoms with Crippen molar-refractivity contribution in [2.24, 2.45) is 11.8 Å². The van der Waals surface area contributed by atoms with Crippen LogP contribution in [0.15, 0.2) is 72.3 Å². The summed E-state index contributed by atoms with van der Waals surface area (Å²) in [5.74, 6) is -0.587. The molecule has 28 heavy (non-hydrogen) atoms. The van der Waals surface area contributed by atoms with Crippen LogP contribution in [0.1, 0.15) is 30.9 Å². The lowest BCUT2D eigenvalue weighted by Gasteiger charge is -2.55. The highest BCUT2D eigenvalue weighted by atomic mass is 79.9. The zero-order chi connectivity index (χ0) is 18.8. The Morgan fingerprint density at radius 1 is 1.07 bits per heavy atom. The van der Waals surface area contributed by atoms with Crippen molar-refractivity contribution in [1.29, 1.82) is 0 Å². The van der Waals surface area contributed by atoms with Crippen molar-refractivity contribution < 1.29 is 9.90 Å². The first-order valence-corrected chi connectivity index (χ1v) is 9.89. The van der Waals surface area contributed by atoms with Gasteiger partial charge < -0.3 is 5.11 Å². The molecule has 0 radical (unpaired) electrons. The van der Waals surface area contributed by atoms with E-state index in [1.165, 1.54) is 16.7 Å². The largest absolute Gasteiger partial charge is 0.481 e. The van der Waals surface area contributed by atoms with Gasteiger partial charge in [0.1, 0.15) is 0 Å². The molecule has 3 nitrogen and oxygen atoms in total. The summed E-state index contributed by atoms with van der Waals surface area (Å²) in [7, 11) is 0. The SMILES string of the molecule is Br.CC=C1CC2C(C(=O)O)CC1C(Cc1ccccc1)N2Cc1ccccc1. The minimum Gasteiger partial charge on any atom is -0.481 e. The van der Waals surface area contributed by atoms with E-state index in [1.54, 1.807) is 0 Å². The molecule has 4 unspecified atom stereocenters. The molecule has 2 heterocycles. The van der Waals surface area contributed by atoms with Gasteiger partial charge in [0.2, 0.25) is 0 Å². The lowest BCUT2D eigenvalue weighted by atomic mass is 9.64. The number of carbonyl (C=O) groups is 1. The molecule has 0 amide bonds. The van der Waals surface area contributed by atoms with Crippen molar-refractivity contribution in [3.63, 3.8) is 0 Å². The molecule has 148 valence electrons. The highest BCUT2D eigenvalue weighted by Crippen LogP contribution is 2.47. The average Bonchev–Trinajstić information content (AvgIpc) is 2.71. The lowest BCUT2D eigenvalue weighted by molar-refractivity contribution is -0.151. The fraction of sp³-hybridized carbons (Fsp3) is 0.375. The van der Waals surface area contributed by atoms with Crippen LogP contribution >= 0.6 is 17.0 Å². The van der Waals surface area contributed by atoms with E-state index in [9.17, 15) is 9.90 Å². The molecule has 4 atom stereocenters. The standard InChI is InChI=1S/C24H27NO2.BrH/c1-2-19-14-23-21(24(26)27)15-20(19)22(13-17-9-5-3-6-10-17)25(23)16-18-11-7-4-8-12-18;/h2-12,20-23H,13-16H2,1H3,(H,26,27);1H. The van der Waals surface area contributed by atoms with E-state index >= 15 is 0 Å². The van der Waals surface area contributed by atoms with Gasteiger partial charge in [0.05, 0.1) is 5.92 Å². The molecule has 2 aromatic carbocycles. The number of hydrogen-bond donors (Lipinski definition) is 1. The van der Waals surface area contributed by atoms with Crippen molar-refractivity contribution in [1.82, 2.24) is 4.90 Å². The number of carboxylic acids is 1. The summed E-state index contributed by atoms with van der Waals surface area (Å²) in [4.78, 5) is 14.4. The van der Waals surface area contributed by atoms with Crippen LogP contribution in [0, 0.1) is 11.8 Å². The Balaban J connectivity index is 0.00000225. The van der Waals surface area contributed by atoms with Gasteiger partial charge in [-0.2, -0.15) is 0 Å². The number of benzene rings is 2. The molecule has 3 fully saturated rings. The summed E-state index contributed by atoms with van der Waals surface area (Å²) >= 11 is 0. The van der Waals surface area contributed by atoms with Crippen LogP contribution in [0.5, 0.6) is 0 Å². The number of allylic oxidation sites excluding steroid dienone is 1. The van der Waals surface area contributed by atoms with E-state index in [4.69, 9.17) is 0 Å². The first kappa shape index (κ1) is 20.8. The highest BCUT2D eigenvalue weighted by Gasteiger charge is 2.51. The molecule has 0 aromatic heterocycles. The predicted molar refractivity (Wildman–Crippen MR) is 118 cm³/mol. The van der Waals surface area contributed by atoms with Gasteiger partial charge in [0.25, 0.3) is 0 Å². The quantitative estimate of drug-likeness (QED) is 0.654. The molecule has 2 aromatic rings. The summed E-state index contributed by atoms with van der Waals surface area (Å²) in [5, 5.41) is 9.83. The van der Waals surface area contributed by atoms with Crippen LogP contribution in [0.25, 0.3) is 0 Å². The Kier molecular flexibility index (Phi) is 6.73. The van der Waals surface area contributed by atoms with E-state index in [2.05, 4.69) is 72.5 Å². The number of nitrogens with zero attached hydrogens (tertiary/aromatic N) is 1. The second-order valence-corrected chi connectivity index (χ2v) is 7.84. The third kappa shape index (κ3) is 4.08. The summed E-state index contributed by atoms with van der Waals surface area (Å²) in [6, 6.07) is 21.5. The van der Waals surface area contributed by atoms with E-state index in [-0.39, 0.29) is 28.9 Å². The summed E-state index contributed by atoms with van der Waals surface area (Å²) < 4.78 is 0. The molecule has 2 bridgehead atoms. The van der Waals surface area contributed by atoms with Crippen molar-refractivity contribution in [3.05, 3.63) is 83.4 Å². The molecular weight excluding hydrogens is 414 g/mol. The molecule has 1 saturated carbocycles. The maximum Gasteiger partial charge on any atom is 0.308 e. The average molecular weight is 442 g/mol. The molecule has 5 rings (SSSR count). The van der Waals surface area contributed by atoms with Crippen molar-refractivity contribution >= 4 is 23.0 Å². The Morgan fingerprint density at radius 3 is 2.25 bits per heavy atom. The molecule has 1 N–H and O–H groups in total. The van der Waals surface area contributed by atoms with Gasteiger partial charge in [-0.15, -0.1) is 17.0 Å². The van der Waals surface area contributed by atoms with Crippen molar-refractivity contribution in [2.75, 3.05) is 0 Å². The third-order valence-electron chi connectivity index (χ3n) is 6.39. The molecular formula is C24H28BrNO2. The van der Waals surface area contributed by atoms with Gasteiger partial charge in [0.15, 0.2) is 0 Å². The van der Waals surface area contributed by atoms with Crippen LogP contribution in [-0.4, -0.2) is 28.1 Å². The fourth-order valence-corrected chi connectivity index (χ4v) is 5.09. The number of carboxylic acid groups (broad SMARTS) is 1. The second kappa shape index (κ2) is 9.06.